The molecule has 1 amide bonds. The number of rotatable bonds is 7. The Morgan fingerprint density at radius 1 is 1.17 bits per heavy atom. The van der Waals surface area contributed by atoms with Crippen molar-refractivity contribution in [1.82, 2.24) is 10.3 Å². The van der Waals surface area contributed by atoms with Crippen LogP contribution in [0.3, 0.4) is 0 Å². The van der Waals surface area contributed by atoms with Crippen molar-refractivity contribution >= 4 is 22.8 Å². The van der Waals surface area contributed by atoms with Gasteiger partial charge in [0, 0.05) is 23.6 Å². The maximum atomic E-state index is 12.4. The van der Waals surface area contributed by atoms with Crippen molar-refractivity contribution in [3.63, 3.8) is 0 Å². The molecule has 3 aromatic rings. The van der Waals surface area contributed by atoms with Crippen LogP contribution in [0, 0.1) is 0 Å². The molecule has 2 N–H and O–H groups in total. The minimum Gasteiger partial charge on any atom is -0.493 e. The van der Waals surface area contributed by atoms with Crippen LogP contribution in [0.1, 0.15) is 15.9 Å². The largest absolute Gasteiger partial charge is 0.493 e. The molecule has 1 aliphatic heterocycles. The number of aromatic amines is 1. The number of para-hydroxylation sites is 1. The number of hydrogen-bond donors (Lipinski definition) is 2. The molecule has 0 atom stereocenters. The second-order valence-corrected chi connectivity index (χ2v) is 6.74. The number of esters is 1. The summed E-state index contributed by atoms with van der Waals surface area (Å²) in [6.07, 6.45) is 2.61. The summed E-state index contributed by atoms with van der Waals surface area (Å²) in [6.45, 7) is 0.860. The first kappa shape index (κ1) is 19.6. The number of aromatic nitrogens is 1. The Kier molecular flexibility index (Phi) is 5.74. The Morgan fingerprint density at radius 2 is 2.00 bits per heavy atom. The normalized spacial score (nSPS) is 12.4. The second-order valence-electron chi connectivity index (χ2n) is 6.74. The molecule has 1 aromatic heterocycles. The quantitative estimate of drug-likeness (QED) is 0.581. The van der Waals surface area contributed by atoms with Gasteiger partial charge in [-0.25, -0.2) is 4.79 Å². The number of methoxy groups -OCH3 is 1. The SMILES string of the molecule is COc1cc(C(=O)OCC(=O)NCCc2c[nH]c3ccccc23)cc2c1OCCO2. The molecule has 2 heterocycles. The van der Waals surface area contributed by atoms with Crippen molar-refractivity contribution in [2.24, 2.45) is 0 Å². The maximum Gasteiger partial charge on any atom is 0.338 e. The number of hydrogen-bond acceptors (Lipinski definition) is 6. The van der Waals surface area contributed by atoms with Crippen molar-refractivity contribution < 1.29 is 28.5 Å². The first-order valence-electron chi connectivity index (χ1n) is 9.62. The van der Waals surface area contributed by atoms with Gasteiger partial charge >= 0.3 is 5.97 Å². The van der Waals surface area contributed by atoms with E-state index in [-0.39, 0.29) is 18.1 Å². The second kappa shape index (κ2) is 8.77. The summed E-state index contributed by atoms with van der Waals surface area (Å²) in [7, 11) is 1.48. The van der Waals surface area contributed by atoms with Gasteiger partial charge in [-0.1, -0.05) is 18.2 Å². The Labute approximate surface area is 173 Å². The van der Waals surface area contributed by atoms with Gasteiger partial charge in [-0.3, -0.25) is 4.79 Å². The topological polar surface area (TPSA) is 98.9 Å². The van der Waals surface area contributed by atoms with Gasteiger partial charge in [-0.05, 0) is 30.2 Å². The third-order valence-electron chi connectivity index (χ3n) is 4.79. The van der Waals surface area contributed by atoms with Gasteiger partial charge in [0.05, 0.1) is 12.7 Å². The number of fused-ring (bicyclic) bond motifs is 2. The summed E-state index contributed by atoms with van der Waals surface area (Å²) in [5, 5.41) is 3.90. The predicted octanol–water partition coefficient (Wildman–Crippen LogP) is 2.46. The molecule has 0 aliphatic carbocycles. The molecule has 0 saturated heterocycles. The highest BCUT2D eigenvalue weighted by molar-refractivity contribution is 5.93. The van der Waals surface area contributed by atoms with E-state index in [2.05, 4.69) is 10.3 Å². The molecule has 156 valence electrons. The fourth-order valence-corrected chi connectivity index (χ4v) is 3.33. The first-order valence-corrected chi connectivity index (χ1v) is 9.62. The van der Waals surface area contributed by atoms with Crippen LogP contribution >= 0.6 is 0 Å². The number of carbonyl (C=O) groups is 2. The molecule has 0 saturated carbocycles. The van der Waals surface area contributed by atoms with E-state index in [9.17, 15) is 9.59 Å². The lowest BCUT2D eigenvalue weighted by Crippen LogP contribution is -2.30. The van der Waals surface area contributed by atoms with Gasteiger partial charge in [0.2, 0.25) is 5.75 Å². The third kappa shape index (κ3) is 4.17. The van der Waals surface area contributed by atoms with Gasteiger partial charge in [0.1, 0.15) is 13.2 Å². The maximum absolute atomic E-state index is 12.4. The Bertz CT molecular complexity index is 1060. The molecule has 2 aromatic carbocycles. The Balaban J connectivity index is 1.29. The summed E-state index contributed by atoms with van der Waals surface area (Å²) in [5.74, 6) is 0.234. The highest BCUT2D eigenvalue weighted by Gasteiger charge is 2.22. The van der Waals surface area contributed by atoms with Crippen LogP contribution in [0.4, 0.5) is 0 Å². The number of H-pyrrole nitrogens is 1. The van der Waals surface area contributed by atoms with Crippen molar-refractivity contribution in [2.45, 2.75) is 6.42 Å². The minimum absolute atomic E-state index is 0.225. The lowest BCUT2D eigenvalue weighted by atomic mass is 10.1. The Morgan fingerprint density at radius 3 is 2.87 bits per heavy atom. The number of carbonyl (C=O) groups excluding carboxylic acids is 2. The molecule has 1 aliphatic rings. The third-order valence-corrected chi connectivity index (χ3v) is 4.79. The lowest BCUT2D eigenvalue weighted by Gasteiger charge is -2.21. The molecule has 0 fully saturated rings. The molecule has 4 rings (SSSR count). The first-order chi connectivity index (χ1) is 14.7. The van der Waals surface area contributed by atoms with Crippen molar-refractivity contribution in [1.29, 1.82) is 0 Å². The summed E-state index contributed by atoms with van der Waals surface area (Å²) >= 11 is 0. The molecule has 0 unspecified atom stereocenters. The minimum atomic E-state index is -0.642. The summed E-state index contributed by atoms with van der Waals surface area (Å²) in [5.41, 5.74) is 2.40. The van der Waals surface area contributed by atoms with E-state index in [0.29, 0.717) is 43.4 Å². The zero-order chi connectivity index (χ0) is 20.9. The average Bonchev–Trinajstić information content (AvgIpc) is 3.19. The zero-order valence-corrected chi connectivity index (χ0v) is 16.5. The van der Waals surface area contributed by atoms with Crippen LogP contribution in [-0.2, 0) is 16.0 Å². The standard InChI is InChI=1S/C22H22N2O6/c1-27-18-10-15(11-19-21(18)29-9-8-28-19)22(26)30-13-20(25)23-7-6-14-12-24-17-5-3-2-4-16(14)17/h2-5,10-12,24H,6-9,13H2,1H3,(H,23,25). The molecular weight excluding hydrogens is 388 g/mol. The lowest BCUT2D eigenvalue weighted by molar-refractivity contribution is -0.124. The van der Waals surface area contributed by atoms with Gasteiger partial charge in [0.25, 0.3) is 5.91 Å². The molecule has 0 spiro atoms. The van der Waals surface area contributed by atoms with E-state index in [1.54, 1.807) is 0 Å². The number of benzene rings is 2. The zero-order valence-electron chi connectivity index (χ0n) is 16.5. The fourth-order valence-electron chi connectivity index (χ4n) is 3.33. The van der Waals surface area contributed by atoms with Crippen LogP contribution in [-0.4, -0.2) is 50.3 Å². The van der Waals surface area contributed by atoms with Crippen LogP contribution in [0.25, 0.3) is 10.9 Å². The van der Waals surface area contributed by atoms with E-state index in [4.69, 9.17) is 18.9 Å². The molecular formula is C22H22N2O6. The number of nitrogens with one attached hydrogen (secondary N) is 2. The number of ether oxygens (including phenoxy) is 4. The van der Waals surface area contributed by atoms with Gasteiger partial charge in [-0.15, -0.1) is 0 Å². The van der Waals surface area contributed by atoms with Gasteiger partial charge in [0.15, 0.2) is 18.1 Å². The predicted molar refractivity (Wildman–Crippen MR) is 109 cm³/mol. The van der Waals surface area contributed by atoms with E-state index in [1.165, 1.54) is 19.2 Å². The van der Waals surface area contributed by atoms with E-state index < -0.39 is 5.97 Å². The Hall–Kier alpha value is -3.68. The average molecular weight is 410 g/mol. The monoisotopic (exact) mass is 410 g/mol. The van der Waals surface area contributed by atoms with Crippen molar-refractivity contribution in [3.8, 4) is 17.2 Å². The molecule has 0 radical (unpaired) electrons. The summed E-state index contributed by atoms with van der Waals surface area (Å²) < 4.78 is 21.4. The molecule has 8 nitrogen and oxygen atoms in total. The molecule has 8 heteroatoms. The van der Waals surface area contributed by atoms with E-state index >= 15 is 0 Å². The smallest absolute Gasteiger partial charge is 0.338 e. The van der Waals surface area contributed by atoms with Crippen LogP contribution in [0.5, 0.6) is 17.2 Å². The molecule has 0 bridgehead atoms. The van der Waals surface area contributed by atoms with Crippen LogP contribution in [0.2, 0.25) is 0 Å². The highest BCUT2D eigenvalue weighted by atomic mass is 16.6. The fraction of sp³-hybridized carbons (Fsp3) is 0.273. The van der Waals surface area contributed by atoms with Crippen molar-refractivity contribution in [3.05, 3.63) is 53.7 Å². The van der Waals surface area contributed by atoms with Gasteiger partial charge < -0.3 is 29.2 Å². The molecule has 30 heavy (non-hydrogen) atoms. The van der Waals surface area contributed by atoms with E-state index in [1.807, 2.05) is 30.5 Å². The summed E-state index contributed by atoms with van der Waals surface area (Å²) in [6, 6.07) is 11.0. The van der Waals surface area contributed by atoms with Crippen LogP contribution < -0.4 is 19.5 Å². The van der Waals surface area contributed by atoms with Gasteiger partial charge in [-0.2, -0.15) is 0 Å². The van der Waals surface area contributed by atoms with Crippen LogP contribution in [0.15, 0.2) is 42.6 Å². The summed E-state index contributed by atoms with van der Waals surface area (Å²) in [4.78, 5) is 27.6. The van der Waals surface area contributed by atoms with E-state index in [0.717, 1.165) is 16.5 Å². The highest BCUT2D eigenvalue weighted by Crippen LogP contribution is 2.40. The van der Waals surface area contributed by atoms with Crippen molar-refractivity contribution in [2.75, 3.05) is 33.5 Å². The number of amides is 1.